The van der Waals surface area contributed by atoms with Crippen LogP contribution >= 0.6 is 11.3 Å². The average Bonchev–Trinajstić information content (AvgIpc) is 3.22. The maximum Gasteiger partial charge on any atom is 0.317 e. The van der Waals surface area contributed by atoms with Gasteiger partial charge in [0.2, 0.25) is 0 Å². The Hall–Kier alpha value is -2.70. The highest BCUT2D eigenvalue weighted by Crippen LogP contribution is 2.27. The van der Waals surface area contributed by atoms with E-state index in [9.17, 15) is 4.79 Å². The summed E-state index contributed by atoms with van der Waals surface area (Å²) in [7, 11) is 0. The molecule has 162 valence electrons. The minimum absolute atomic E-state index is 0.0454. The number of hydrogen-bond donors (Lipinski definition) is 1. The highest BCUT2D eigenvalue weighted by Gasteiger charge is 2.22. The molecular formula is C25H30N4OS. The van der Waals surface area contributed by atoms with E-state index in [0.29, 0.717) is 6.54 Å². The second-order valence-electron chi connectivity index (χ2n) is 8.02. The van der Waals surface area contributed by atoms with Crippen LogP contribution in [0.1, 0.15) is 34.2 Å². The van der Waals surface area contributed by atoms with Crippen molar-refractivity contribution in [3.63, 3.8) is 0 Å². The number of aromatic nitrogens is 1. The van der Waals surface area contributed by atoms with Gasteiger partial charge in [-0.3, -0.25) is 4.90 Å². The summed E-state index contributed by atoms with van der Waals surface area (Å²) in [5.74, 6) is 0.279. The predicted molar refractivity (Wildman–Crippen MR) is 126 cm³/mol. The molecule has 31 heavy (non-hydrogen) atoms. The van der Waals surface area contributed by atoms with Crippen molar-refractivity contribution in [1.29, 1.82) is 0 Å². The first kappa shape index (κ1) is 21.5. The summed E-state index contributed by atoms with van der Waals surface area (Å²) >= 11 is 1.69. The zero-order valence-corrected chi connectivity index (χ0v) is 18.9. The van der Waals surface area contributed by atoms with Gasteiger partial charge in [0.05, 0.1) is 10.7 Å². The molecule has 4 rings (SSSR count). The fourth-order valence-electron chi connectivity index (χ4n) is 4.15. The Bertz CT molecular complexity index is 912. The fraction of sp³-hybridized carbons (Fsp3) is 0.360. The summed E-state index contributed by atoms with van der Waals surface area (Å²) in [6.07, 6.45) is 0.878. The standard InChI is InChI=1S/C25H30N4OS/c1-20-27-23(19-31-20)18-28-14-16-29(17-15-28)25(30)26-13-12-24(21-8-4-2-5-9-21)22-10-6-3-7-11-22/h2-11,19,24H,12-18H2,1H3,(H,26,30). The van der Waals surface area contributed by atoms with Crippen molar-refractivity contribution in [3.05, 3.63) is 87.9 Å². The molecule has 2 amide bonds. The molecule has 0 radical (unpaired) electrons. The van der Waals surface area contributed by atoms with Crippen LogP contribution in [0.5, 0.6) is 0 Å². The van der Waals surface area contributed by atoms with Crippen molar-refractivity contribution in [2.24, 2.45) is 0 Å². The number of nitrogens with zero attached hydrogens (tertiary/aromatic N) is 3. The zero-order valence-electron chi connectivity index (χ0n) is 18.0. The van der Waals surface area contributed by atoms with Crippen LogP contribution in [-0.4, -0.2) is 53.5 Å². The molecule has 1 aromatic heterocycles. The summed E-state index contributed by atoms with van der Waals surface area (Å²) in [5.41, 5.74) is 3.70. The van der Waals surface area contributed by atoms with Crippen LogP contribution in [0.15, 0.2) is 66.0 Å². The number of rotatable bonds is 7. The van der Waals surface area contributed by atoms with E-state index in [2.05, 4.69) is 69.1 Å². The molecule has 2 heterocycles. The summed E-state index contributed by atoms with van der Waals surface area (Å²) < 4.78 is 0. The van der Waals surface area contributed by atoms with Gasteiger partial charge in [-0.15, -0.1) is 11.3 Å². The van der Waals surface area contributed by atoms with Crippen molar-refractivity contribution < 1.29 is 4.79 Å². The zero-order chi connectivity index (χ0) is 21.5. The number of piperazine rings is 1. The van der Waals surface area contributed by atoms with Crippen LogP contribution in [0, 0.1) is 6.92 Å². The third-order valence-electron chi connectivity index (χ3n) is 5.82. The third-order valence-corrected chi connectivity index (χ3v) is 6.65. The van der Waals surface area contributed by atoms with Crippen molar-refractivity contribution in [2.45, 2.75) is 25.8 Å². The normalized spacial score (nSPS) is 14.7. The van der Waals surface area contributed by atoms with Gasteiger partial charge in [0.25, 0.3) is 0 Å². The van der Waals surface area contributed by atoms with E-state index < -0.39 is 0 Å². The fourth-order valence-corrected chi connectivity index (χ4v) is 4.75. The Morgan fingerprint density at radius 2 is 1.61 bits per heavy atom. The molecule has 6 heteroatoms. The molecule has 0 bridgehead atoms. The predicted octanol–water partition coefficient (Wildman–Crippen LogP) is 4.50. The summed E-state index contributed by atoms with van der Waals surface area (Å²) in [5, 5.41) is 6.39. The van der Waals surface area contributed by atoms with Crippen molar-refractivity contribution >= 4 is 17.4 Å². The number of nitrogens with one attached hydrogen (secondary N) is 1. The van der Waals surface area contributed by atoms with E-state index in [4.69, 9.17) is 0 Å². The van der Waals surface area contributed by atoms with Crippen molar-refractivity contribution in [1.82, 2.24) is 20.1 Å². The first-order chi connectivity index (χ1) is 15.2. The quantitative estimate of drug-likeness (QED) is 0.596. The van der Waals surface area contributed by atoms with Crippen LogP contribution in [0.25, 0.3) is 0 Å². The number of carbonyl (C=O) groups is 1. The summed E-state index contributed by atoms with van der Waals surface area (Å²) in [6.45, 7) is 6.87. The van der Waals surface area contributed by atoms with Gasteiger partial charge in [-0.1, -0.05) is 60.7 Å². The Morgan fingerprint density at radius 3 is 2.16 bits per heavy atom. The molecule has 0 aliphatic carbocycles. The molecule has 1 fully saturated rings. The minimum atomic E-state index is 0.0454. The van der Waals surface area contributed by atoms with Gasteiger partial charge in [0.15, 0.2) is 0 Å². The molecule has 5 nitrogen and oxygen atoms in total. The van der Waals surface area contributed by atoms with Crippen molar-refractivity contribution in [3.8, 4) is 0 Å². The van der Waals surface area contributed by atoms with Gasteiger partial charge in [-0.2, -0.15) is 0 Å². The second-order valence-corrected chi connectivity index (χ2v) is 9.08. The molecule has 2 aromatic carbocycles. The van der Waals surface area contributed by atoms with Crippen LogP contribution in [0.3, 0.4) is 0 Å². The third kappa shape index (κ3) is 5.93. The van der Waals surface area contributed by atoms with Gasteiger partial charge in [-0.05, 0) is 24.5 Å². The lowest BCUT2D eigenvalue weighted by atomic mass is 9.88. The number of carbonyl (C=O) groups excluding carboxylic acids is 1. The smallest absolute Gasteiger partial charge is 0.317 e. The van der Waals surface area contributed by atoms with Gasteiger partial charge < -0.3 is 10.2 Å². The second kappa shape index (κ2) is 10.6. The Labute approximate surface area is 188 Å². The van der Waals surface area contributed by atoms with Crippen LogP contribution in [0.4, 0.5) is 4.79 Å². The summed E-state index contributed by atoms with van der Waals surface area (Å²) in [6, 6.07) is 21.1. The van der Waals surface area contributed by atoms with E-state index in [1.165, 1.54) is 11.1 Å². The first-order valence-electron chi connectivity index (χ1n) is 10.9. The molecular weight excluding hydrogens is 404 g/mol. The van der Waals surface area contributed by atoms with E-state index in [1.54, 1.807) is 11.3 Å². The molecule has 1 aliphatic rings. The van der Waals surface area contributed by atoms with Gasteiger partial charge >= 0.3 is 6.03 Å². The highest BCUT2D eigenvalue weighted by atomic mass is 32.1. The lowest BCUT2D eigenvalue weighted by Gasteiger charge is -2.34. The van der Waals surface area contributed by atoms with Gasteiger partial charge in [-0.25, -0.2) is 9.78 Å². The molecule has 0 saturated carbocycles. The summed E-state index contributed by atoms with van der Waals surface area (Å²) in [4.78, 5) is 21.6. The Morgan fingerprint density at radius 1 is 1.00 bits per heavy atom. The largest absolute Gasteiger partial charge is 0.338 e. The maximum absolute atomic E-state index is 12.7. The monoisotopic (exact) mass is 434 g/mol. The van der Waals surface area contributed by atoms with Crippen LogP contribution in [-0.2, 0) is 6.54 Å². The van der Waals surface area contributed by atoms with E-state index in [1.807, 2.05) is 24.0 Å². The van der Waals surface area contributed by atoms with E-state index in [-0.39, 0.29) is 11.9 Å². The minimum Gasteiger partial charge on any atom is -0.338 e. The number of benzene rings is 2. The molecule has 0 spiro atoms. The van der Waals surface area contributed by atoms with Crippen molar-refractivity contribution in [2.75, 3.05) is 32.7 Å². The molecule has 1 saturated heterocycles. The number of amides is 2. The van der Waals surface area contributed by atoms with Crippen LogP contribution in [0.2, 0.25) is 0 Å². The van der Waals surface area contributed by atoms with Gasteiger partial charge in [0.1, 0.15) is 0 Å². The molecule has 0 atom stereocenters. The number of urea groups is 1. The van der Waals surface area contributed by atoms with Crippen LogP contribution < -0.4 is 5.32 Å². The number of hydrogen-bond acceptors (Lipinski definition) is 4. The number of thiazole rings is 1. The lowest BCUT2D eigenvalue weighted by Crippen LogP contribution is -2.51. The lowest BCUT2D eigenvalue weighted by molar-refractivity contribution is 0.134. The Balaban J connectivity index is 1.26. The SMILES string of the molecule is Cc1nc(CN2CCN(C(=O)NCCC(c3ccccc3)c3ccccc3)CC2)cs1. The average molecular weight is 435 g/mol. The van der Waals surface area contributed by atoms with E-state index in [0.717, 1.165) is 49.8 Å². The molecule has 1 aliphatic heterocycles. The number of aryl methyl sites for hydroxylation is 1. The topological polar surface area (TPSA) is 48.5 Å². The Kier molecular flexibility index (Phi) is 7.33. The molecule has 1 N–H and O–H groups in total. The maximum atomic E-state index is 12.7. The molecule has 3 aromatic rings. The first-order valence-corrected chi connectivity index (χ1v) is 11.8. The van der Waals surface area contributed by atoms with Gasteiger partial charge in [0, 0.05) is 50.6 Å². The molecule has 0 unspecified atom stereocenters. The highest BCUT2D eigenvalue weighted by molar-refractivity contribution is 7.09. The van der Waals surface area contributed by atoms with E-state index >= 15 is 0 Å².